The summed E-state index contributed by atoms with van der Waals surface area (Å²) in [6.07, 6.45) is 0.175. The van der Waals surface area contributed by atoms with Crippen molar-refractivity contribution >= 4 is 5.82 Å². The molecule has 0 aromatic carbocycles. The number of halogens is 3. The smallest absolute Gasteiger partial charge is 0.370 e. The molecule has 0 atom stereocenters. The summed E-state index contributed by atoms with van der Waals surface area (Å²) in [4.78, 5) is 3.60. The maximum absolute atomic E-state index is 12.5. The molecule has 1 fully saturated rings. The maximum Gasteiger partial charge on any atom is 0.433 e. The molecule has 1 aliphatic carbocycles. The van der Waals surface area contributed by atoms with Gasteiger partial charge in [0.05, 0.1) is 0 Å². The van der Waals surface area contributed by atoms with E-state index in [1.54, 1.807) is 6.07 Å². The molecule has 0 amide bonds. The molecule has 0 spiro atoms. The number of rotatable bonds is 5. The highest BCUT2D eigenvalue weighted by atomic mass is 19.4. The van der Waals surface area contributed by atoms with Crippen LogP contribution in [0.25, 0.3) is 0 Å². The lowest BCUT2D eigenvalue weighted by Crippen LogP contribution is -2.17. The van der Waals surface area contributed by atoms with Crippen LogP contribution in [0, 0.1) is 5.41 Å². The van der Waals surface area contributed by atoms with Crippen molar-refractivity contribution in [3.63, 3.8) is 0 Å². The van der Waals surface area contributed by atoms with E-state index in [2.05, 4.69) is 17.2 Å². The maximum atomic E-state index is 12.5. The number of aromatic nitrogens is 1. The highest BCUT2D eigenvalue weighted by molar-refractivity contribution is 5.36. The lowest BCUT2D eigenvalue weighted by Gasteiger charge is -2.16. The van der Waals surface area contributed by atoms with Gasteiger partial charge in [0.15, 0.2) is 0 Å². The molecule has 5 heteroatoms. The van der Waals surface area contributed by atoms with Crippen molar-refractivity contribution in [1.29, 1.82) is 0 Å². The topological polar surface area (TPSA) is 24.9 Å². The van der Waals surface area contributed by atoms with E-state index in [0.717, 1.165) is 38.3 Å². The molecule has 1 aliphatic rings. The molecule has 1 aromatic rings. The fourth-order valence-corrected chi connectivity index (χ4v) is 2.19. The summed E-state index contributed by atoms with van der Waals surface area (Å²) < 4.78 is 37.5. The molecule has 0 bridgehead atoms. The van der Waals surface area contributed by atoms with E-state index in [9.17, 15) is 13.2 Å². The number of pyridine rings is 1. The van der Waals surface area contributed by atoms with Crippen molar-refractivity contribution in [2.75, 3.05) is 11.9 Å². The van der Waals surface area contributed by atoms with Gasteiger partial charge >= 0.3 is 6.18 Å². The molecule has 0 saturated heterocycles. The quantitative estimate of drug-likeness (QED) is 0.860. The third-order valence-electron chi connectivity index (χ3n) is 3.42. The summed E-state index contributed by atoms with van der Waals surface area (Å²) in [6.45, 7) is 2.84. The zero-order valence-corrected chi connectivity index (χ0v) is 10.3. The summed E-state index contributed by atoms with van der Waals surface area (Å²) in [5.41, 5.74) is -0.544. The van der Waals surface area contributed by atoms with Gasteiger partial charge in [0.1, 0.15) is 11.5 Å². The fraction of sp³-hybridized carbons (Fsp3) is 0.615. The van der Waals surface area contributed by atoms with Crippen molar-refractivity contribution < 1.29 is 13.2 Å². The van der Waals surface area contributed by atoms with E-state index in [-0.39, 0.29) is 0 Å². The summed E-state index contributed by atoms with van der Waals surface area (Å²) in [6, 6.07) is 3.96. The summed E-state index contributed by atoms with van der Waals surface area (Å²) in [7, 11) is 0. The lowest BCUT2D eigenvalue weighted by molar-refractivity contribution is -0.141. The Bertz CT molecular complexity index is 411. The monoisotopic (exact) mass is 258 g/mol. The molecular weight excluding hydrogens is 241 g/mol. The van der Waals surface area contributed by atoms with Crippen LogP contribution in [0.1, 0.15) is 38.3 Å². The molecular formula is C13H17F3N2. The minimum atomic E-state index is -4.38. The second kappa shape index (κ2) is 4.78. The van der Waals surface area contributed by atoms with Crippen LogP contribution in [0.15, 0.2) is 18.2 Å². The van der Waals surface area contributed by atoms with Crippen LogP contribution < -0.4 is 5.32 Å². The number of hydrogen-bond acceptors (Lipinski definition) is 2. The van der Waals surface area contributed by atoms with Gasteiger partial charge in [-0.3, -0.25) is 0 Å². The Balaban J connectivity index is 1.98. The van der Waals surface area contributed by atoms with Crippen molar-refractivity contribution in [2.24, 2.45) is 5.41 Å². The highest BCUT2D eigenvalue weighted by Crippen LogP contribution is 2.49. The van der Waals surface area contributed by atoms with Gasteiger partial charge in [0.2, 0.25) is 0 Å². The van der Waals surface area contributed by atoms with Gasteiger partial charge in [-0.05, 0) is 36.8 Å². The number of hydrogen-bond donors (Lipinski definition) is 1. The molecule has 1 aromatic heterocycles. The Labute approximate surface area is 105 Å². The minimum Gasteiger partial charge on any atom is -0.370 e. The Morgan fingerprint density at radius 1 is 1.33 bits per heavy atom. The predicted octanol–water partition coefficient (Wildman–Crippen LogP) is 4.09. The molecule has 100 valence electrons. The first-order valence-electron chi connectivity index (χ1n) is 6.23. The second-order valence-corrected chi connectivity index (χ2v) is 5.01. The molecule has 2 nitrogen and oxygen atoms in total. The lowest BCUT2D eigenvalue weighted by atomic mass is 10.0. The van der Waals surface area contributed by atoms with Gasteiger partial charge < -0.3 is 5.32 Å². The van der Waals surface area contributed by atoms with Crippen LogP contribution in [0.4, 0.5) is 19.0 Å². The van der Waals surface area contributed by atoms with Gasteiger partial charge in [0.25, 0.3) is 0 Å². The zero-order valence-electron chi connectivity index (χ0n) is 10.3. The molecule has 2 rings (SSSR count). The van der Waals surface area contributed by atoms with Crippen LogP contribution in [0.5, 0.6) is 0 Å². The van der Waals surface area contributed by atoms with Gasteiger partial charge in [-0.2, -0.15) is 13.2 Å². The first-order valence-corrected chi connectivity index (χ1v) is 6.23. The fourth-order valence-electron chi connectivity index (χ4n) is 2.19. The van der Waals surface area contributed by atoms with Crippen LogP contribution in [-0.4, -0.2) is 11.5 Å². The molecule has 1 heterocycles. The Hall–Kier alpha value is -1.26. The number of nitrogens with one attached hydrogen (secondary N) is 1. The van der Waals surface area contributed by atoms with E-state index in [4.69, 9.17) is 0 Å². The normalized spacial score (nSPS) is 17.6. The number of nitrogens with zero attached hydrogens (tertiary/aromatic N) is 1. The first-order chi connectivity index (χ1) is 8.45. The predicted molar refractivity (Wildman–Crippen MR) is 64.3 cm³/mol. The van der Waals surface area contributed by atoms with E-state index >= 15 is 0 Å². The van der Waals surface area contributed by atoms with Crippen molar-refractivity contribution in [3.8, 4) is 0 Å². The van der Waals surface area contributed by atoms with Crippen LogP contribution in [0.2, 0.25) is 0 Å². The number of anilines is 1. The third-order valence-corrected chi connectivity index (χ3v) is 3.42. The standard InChI is InChI=1S/C13H17F3N2/c1-2-6-12(7-8-12)9-17-11-5-3-4-10(18-11)13(14,15)16/h3-5H,2,6-9H2,1H3,(H,17,18). The minimum absolute atomic E-state index is 0.296. The third kappa shape index (κ3) is 3.15. The van der Waals surface area contributed by atoms with E-state index in [0.29, 0.717) is 11.2 Å². The van der Waals surface area contributed by atoms with Crippen LogP contribution in [0.3, 0.4) is 0 Å². The number of alkyl halides is 3. The van der Waals surface area contributed by atoms with Crippen molar-refractivity contribution in [3.05, 3.63) is 23.9 Å². The highest BCUT2D eigenvalue weighted by Gasteiger charge is 2.41. The van der Waals surface area contributed by atoms with Crippen molar-refractivity contribution in [2.45, 2.75) is 38.8 Å². The van der Waals surface area contributed by atoms with E-state index in [1.807, 2.05) is 0 Å². The van der Waals surface area contributed by atoms with Crippen LogP contribution >= 0.6 is 0 Å². The summed E-state index contributed by atoms with van der Waals surface area (Å²) in [5, 5.41) is 3.03. The Morgan fingerprint density at radius 2 is 2.06 bits per heavy atom. The summed E-state index contributed by atoms with van der Waals surface area (Å²) in [5.74, 6) is 0.312. The van der Waals surface area contributed by atoms with Crippen molar-refractivity contribution in [1.82, 2.24) is 4.98 Å². The zero-order chi connectivity index (χ0) is 13.2. The van der Waals surface area contributed by atoms with Gasteiger partial charge in [-0.25, -0.2) is 4.98 Å². The average Bonchev–Trinajstić information content (AvgIpc) is 3.07. The average molecular weight is 258 g/mol. The molecule has 0 aliphatic heterocycles. The molecule has 0 unspecified atom stereocenters. The Morgan fingerprint density at radius 3 is 2.61 bits per heavy atom. The largest absolute Gasteiger partial charge is 0.433 e. The first kappa shape index (κ1) is 13.2. The van der Waals surface area contributed by atoms with Gasteiger partial charge in [0, 0.05) is 6.54 Å². The molecule has 0 radical (unpaired) electrons. The SMILES string of the molecule is CCCC1(CNc2cccc(C(F)(F)F)n2)CC1. The van der Waals surface area contributed by atoms with E-state index < -0.39 is 11.9 Å². The second-order valence-electron chi connectivity index (χ2n) is 5.01. The Kier molecular flexibility index (Phi) is 3.50. The van der Waals surface area contributed by atoms with Gasteiger partial charge in [-0.15, -0.1) is 0 Å². The molecule has 18 heavy (non-hydrogen) atoms. The van der Waals surface area contributed by atoms with Gasteiger partial charge in [-0.1, -0.05) is 19.4 Å². The molecule has 1 N–H and O–H groups in total. The summed E-state index contributed by atoms with van der Waals surface area (Å²) >= 11 is 0. The van der Waals surface area contributed by atoms with Crippen LogP contribution in [-0.2, 0) is 6.18 Å². The molecule has 1 saturated carbocycles. The van der Waals surface area contributed by atoms with E-state index in [1.165, 1.54) is 6.07 Å².